The molecule has 0 N–H and O–H groups in total. The normalized spacial score (nSPS) is 27.1. The van der Waals surface area contributed by atoms with Gasteiger partial charge < -0.3 is 9.47 Å². The Morgan fingerprint density at radius 2 is 2.41 bits per heavy atom. The molecule has 0 amide bonds. The van der Waals surface area contributed by atoms with E-state index in [1.807, 2.05) is 6.08 Å². The number of hydrogen-bond acceptors (Lipinski definition) is 4. The van der Waals surface area contributed by atoms with E-state index in [2.05, 4.69) is 0 Å². The maximum Gasteiger partial charge on any atom is 0.219 e. The van der Waals surface area contributed by atoms with Gasteiger partial charge in [-0.05, 0) is 18.4 Å². The minimum Gasteiger partial charge on any atom is -0.380 e. The van der Waals surface area contributed by atoms with Crippen molar-refractivity contribution in [3.8, 4) is 0 Å². The van der Waals surface area contributed by atoms with E-state index >= 15 is 0 Å². The Morgan fingerprint density at radius 1 is 1.59 bits per heavy atom. The van der Waals surface area contributed by atoms with Crippen molar-refractivity contribution in [2.75, 3.05) is 40.0 Å². The van der Waals surface area contributed by atoms with Gasteiger partial charge in [0.2, 0.25) is 10.0 Å². The summed E-state index contributed by atoms with van der Waals surface area (Å²) in [7, 11) is -1.52. The summed E-state index contributed by atoms with van der Waals surface area (Å²) in [6.45, 7) is 2.53. The first-order chi connectivity index (χ1) is 8.14. The third-order valence-electron chi connectivity index (χ3n) is 3.26. The molecule has 1 unspecified atom stereocenters. The SMILES string of the molecule is COCC1=CCN(S(=O)(=O)C2CCOC2)CC1. The Morgan fingerprint density at radius 3 is 2.94 bits per heavy atom. The van der Waals surface area contributed by atoms with E-state index in [1.54, 1.807) is 11.4 Å². The minimum atomic E-state index is -3.18. The van der Waals surface area contributed by atoms with Gasteiger partial charge in [0.25, 0.3) is 0 Å². The molecule has 0 spiro atoms. The van der Waals surface area contributed by atoms with Crippen molar-refractivity contribution in [3.63, 3.8) is 0 Å². The highest BCUT2D eigenvalue weighted by atomic mass is 32.2. The van der Waals surface area contributed by atoms with Crippen molar-refractivity contribution in [1.29, 1.82) is 0 Å². The van der Waals surface area contributed by atoms with Gasteiger partial charge in [-0.3, -0.25) is 0 Å². The van der Waals surface area contributed by atoms with E-state index < -0.39 is 10.0 Å². The highest BCUT2D eigenvalue weighted by Crippen LogP contribution is 2.21. The first kappa shape index (κ1) is 13.0. The number of rotatable bonds is 4. The van der Waals surface area contributed by atoms with Crippen LogP contribution in [0.5, 0.6) is 0 Å². The third kappa shape index (κ3) is 2.88. The average Bonchev–Trinajstić information content (AvgIpc) is 2.84. The van der Waals surface area contributed by atoms with Crippen LogP contribution in [0.25, 0.3) is 0 Å². The van der Waals surface area contributed by atoms with Gasteiger partial charge in [-0.1, -0.05) is 6.08 Å². The van der Waals surface area contributed by atoms with Crippen molar-refractivity contribution in [2.24, 2.45) is 0 Å². The van der Waals surface area contributed by atoms with Crippen LogP contribution < -0.4 is 0 Å². The van der Waals surface area contributed by atoms with Gasteiger partial charge in [0.15, 0.2) is 0 Å². The Bertz CT molecular complexity index is 384. The van der Waals surface area contributed by atoms with Crippen LogP contribution in [0.15, 0.2) is 11.6 Å². The predicted octanol–water partition coefficient (Wildman–Crippen LogP) is 0.384. The number of methoxy groups -OCH3 is 1. The van der Waals surface area contributed by atoms with Crippen molar-refractivity contribution >= 4 is 10.0 Å². The quantitative estimate of drug-likeness (QED) is 0.687. The number of ether oxygens (including phenoxy) is 2. The molecule has 5 nitrogen and oxygen atoms in total. The molecular weight excluding hydrogens is 242 g/mol. The van der Waals surface area contributed by atoms with Gasteiger partial charge in [0.1, 0.15) is 5.25 Å². The van der Waals surface area contributed by atoms with E-state index in [4.69, 9.17) is 9.47 Å². The molecule has 0 saturated carbocycles. The minimum absolute atomic E-state index is 0.341. The van der Waals surface area contributed by atoms with Crippen LogP contribution >= 0.6 is 0 Å². The molecule has 0 aromatic heterocycles. The van der Waals surface area contributed by atoms with E-state index in [-0.39, 0.29) is 5.25 Å². The van der Waals surface area contributed by atoms with Gasteiger partial charge in [0.05, 0.1) is 13.2 Å². The lowest BCUT2D eigenvalue weighted by Gasteiger charge is -2.27. The molecule has 2 aliphatic rings. The van der Waals surface area contributed by atoms with E-state index in [1.165, 1.54) is 5.57 Å². The molecule has 0 bridgehead atoms. The highest BCUT2D eigenvalue weighted by molar-refractivity contribution is 7.89. The molecule has 0 radical (unpaired) electrons. The van der Waals surface area contributed by atoms with Gasteiger partial charge in [-0.2, -0.15) is 4.31 Å². The number of hydrogen-bond donors (Lipinski definition) is 0. The van der Waals surface area contributed by atoms with Crippen molar-refractivity contribution < 1.29 is 17.9 Å². The first-order valence-electron chi connectivity index (χ1n) is 5.88. The topological polar surface area (TPSA) is 55.8 Å². The molecule has 1 atom stereocenters. The Labute approximate surface area is 102 Å². The third-order valence-corrected chi connectivity index (χ3v) is 5.53. The van der Waals surface area contributed by atoms with Crippen molar-refractivity contribution in [3.05, 3.63) is 11.6 Å². The van der Waals surface area contributed by atoms with Gasteiger partial charge in [-0.25, -0.2) is 8.42 Å². The van der Waals surface area contributed by atoms with Gasteiger partial charge in [0, 0.05) is 26.8 Å². The summed E-state index contributed by atoms with van der Waals surface area (Å²) in [5.41, 5.74) is 1.18. The van der Waals surface area contributed by atoms with Crippen LogP contribution in [-0.4, -0.2) is 58.0 Å². The largest absolute Gasteiger partial charge is 0.380 e. The van der Waals surface area contributed by atoms with E-state index in [9.17, 15) is 8.42 Å². The van der Waals surface area contributed by atoms with Gasteiger partial charge in [-0.15, -0.1) is 0 Å². The van der Waals surface area contributed by atoms with Crippen LogP contribution in [0.3, 0.4) is 0 Å². The van der Waals surface area contributed by atoms with E-state index in [0.29, 0.717) is 39.3 Å². The lowest BCUT2D eigenvalue weighted by atomic mass is 10.1. The van der Waals surface area contributed by atoms with Crippen molar-refractivity contribution in [2.45, 2.75) is 18.1 Å². The summed E-state index contributed by atoms with van der Waals surface area (Å²) in [6, 6.07) is 0. The van der Waals surface area contributed by atoms with Crippen LogP contribution in [0.4, 0.5) is 0 Å². The predicted molar refractivity (Wildman–Crippen MR) is 64.3 cm³/mol. The molecule has 2 aliphatic heterocycles. The van der Waals surface area contributed by atoms with Crippen LogP contribution in [0, 0.1) is 0 Å². The summed E-state index contributed by atoms with van der Waals surface area (Å²) in [5, 5.41) is -0.347. The summed E-state index contributed by atoms with van der Waals surface area (Å²) in [4.78, 5) is 0. The smallest absolute Gasteiger partial charge is 0.219 e. The highest BCUT2D eigenvalue weighted by Gasteiger charge is 2.35. The molecule has 2 rings (SSSR count). The van der Waals surface area contributed by atoms with Crippen LogP contribution in [-0.2, 0) is 19.5 Å². The number of nitrogens with zero attached hydrogens (tertiary/aromatic N) is 1. The second-order valence-corrected chi connectivity index (χ2v) is 6.65. The fraction of sp³-hybridized carbons (Fsp3) is 0.818. The van der Waals surface area contributed by atoms with Crippen LogP contribution in [0.2, 0.25) is 0 Å². The molecular formula is C11H19NO4S. The molecule has 1 fully saturated rings. The maximum atomic E-state index is 12.2. The molecule has 17 heavy (non-hydrogen) atoms. The number of sulfonamides is 1. The Balaban J connectivity index is 2.00. The van der Waals surface area contributed by atoms with E-state index in [0.717, 1.165) is 6.42 Å². The summed E-state index contributed by atoms with van der Waals surface area (Å²) in [5.74, 6) is 0. The zero-order valence-electron chi connectivity index (χ0n) is 10.1. The first-order valence-corrected chi connectivity index (χ1v) is 7.38. The lowest BCUT2D eigenvalue weighted by molar-refractivity contribution is 0.197. The second kappa shape index (κ2) is 5.48. The summed E-state index contributed by atoms with van der Waals surface area (Å²) < 4.78 is 36.2. The molecule has 98 valence electrons. The molecule has 2 heterocycles. The average molecular weight is 261 g/mol. The standard InChI is InChI=1S/C11H19NO4S/c1-15-8-10-2-5-12(6-3-10)17(13,14)11-4-7-16-9-11/h2,11H,3-9H2,1H3. The van der Waals surface area contributed by atoms with Crippen LogP contribution in [0.1, 0.15) is 12.8 Å². The Kier molecular flexibility index (Phi) is 4.19. The zero-order valence-corrected chi connectivity index (χ0v) is 10.9. The molecule has 1 saturated heterocycles. The molecule has 6 heteroatoms. The molecule has 0 aromatic carbocycles. The Hall–Kier alpha value is -0.430. The van der Waals surface area contributed by atoms with Crippen molar-refractivity contribution in [1.82, 2.24) is 4.31 Å². The molecule has 0 aromatic rings. The van der Waals surface area contributed by atoms with Gasteiger partial charge >= 0.3 is 0 Å². The fourth-order valence-electron chi connectivity index (χ4n) is 2.20. The summed E-state index contributed by atoms with van der Waals surface area (Å²) >= 11 is 0. The lowest BCUT2D eigenvalue weighted by Crippen LogP contribution is -2.41. The second-order valence-electron chi connectivity index (χ2n) is 4.43. The monoisotopic (exact) mass is 261 g/mol. The maximum absolute atomic E-state index is 12.2. The zero-order chi connectivity index (χ0) is 12.3. The molecule has 0 aliphatic carbocycles. The fourth-order valence-corrected chi connectivity index (χ4v) is 3.91. The summed E-state index contributed by atoms with van der Waals surface area (Å²) in [6.07, 6.45) is 3.34.